The van der Waals surface area contributed by atoms with Crippen LogP contribution in [-0.4, -0.2) is 20.9 Å². The number of hydrogen-bond donors (Lipinski definition) is 1. The van der Waals surface area contributed by atoms with Gasteiger partial charge in [0.05, 0.1) is 16.0 Å². The minimum atomic E-state index is -4.42. The summed E-state index contributed by atoms with van der Waals surface area (Å²) in [6.45, 7) is 5.05. The summed E-state index contributed by atoms with van der Waals surface area (Å²) in [5, 5.41) is 3.08. The Bertz CT molecular complexity index is 1320. The third kappa shape index (κ3) is 4.59. The topological polar surface area (TPSA) is 77.0 Å². The van der Waals surface area contributed by atoms with E-state index in [0.717, 1.165) is 16.8 Å². The van der Waals surface area contributed by atoms with Crippen molar-refractivity contribution in [2.45, 2.75) is 13.1 Å². The number of amides is 1. The highest BCUT2D eigenvalue weighted by Gasteiger charge is 2.30. The van der Waals surface area contributed by atoms with E-state index in [1.54, 1.807) is 12.1 Å². The number of benzene rings is 2. The molecule has 0 aliphatic heterocycles. The molecule has 4 rings (SSSR count). The van der Waals surface area contributed by atoms with Crippen LogP contribution < -0.4 is 10.1 Å². The molecule has 0 unspecified atom stereocenters. The summed E-state index contributed by atoms with van der Waals surface area (Å²) in [4.78, 5) is 24.3. The van der Waals surface area contributed by atoms with E-state index in [1.807, 2.05) is 6.07 Å². The van der Waals surface area contributed by atoms with Crippen LogP contribution in [0.5, 0.6) is 11.6 Å². The first-order chi connectivity index (χ1) is 15.2. The van der Waals surface area contributed by atoms with Gasteiger partial charge in [0.15, 0.2) is 16.7 Å². The molecule has 10 heteroatoms. The molecule has 0 bridgehead atoms. The molecule has 162 valence electrons. The standard InChI is InChI=1S/C22H15F3N4O2S/c1-3-18-27-15(13-7-9-14(10-8-13)22(23,24)25)11-19(28-18)31-16-5-4-6-17-20(16)29-21(32-17)26-12(2)30/h3-11H,1H2,2H3,(H,26,29,30). The predicted molar refractivity (Wildman–Crippen MR) is 117 cm³/mol. The van der Waals surface area contributed by atoms with Crippen LogP contribution in [0.25, 0.3) is 27.6 Å². The monoisotopic (exact) mass is 456 g/mol. The summed E-state index contributed by atoms with van der Waals surface area (Å²) >= 11 is 1.30. The molecular weight excluding hydrogens is 441 g/mol. The van der Waals surface area contributed by atoms with Crippen molar-refractivity contribution in [3.05, 3.63) is 66.5 Å². The molecular formula is C22H15F3N4O2S. The van der Waals surface area contributed by atoms with Gasteiger partial charge in [0, 0.05) is 18.6 Å². The zero-order valence-electron chi connectivity index (χ0n) is 16.6. The summed E-state index contributed by atoms with van der Waals surface area (Å²) < 4.78 is 45.3. The number of aromatic nitrogens is 3. The SMILES string of the molecule is C=Cc1nc(Oc2cccc3sc(NC(C)=O)nc23)cc(-c2ccc(C(F)(F)F)cc2)n1. The van der Waals surface area contributed by atoms with Gasteiger partial charge in [-0.3, -0.25) is 4.79 Å². The summed E-state index contributed by atoms with van der Waals surface area (Å²) in [7, 11) is 0. The van der Waals surface area contributed by atoms with Crippen molar-refractivity contribution in [1.29, 1.82) is 0 Å². The fourth-order valence-electron chi connectivity index (χ4n) is 2.89. The second-order valence-corrected chi connectivity index (χ2v) is 7.66. The van der Waals surface area contributed by atoms with E-state index in [9.17, 15) is 18.0 Å². The van der Waals surface area contributed by atoms with Gasteiger partial charge >= 0.3 is 6.18 Å². The van der Waals surface area contributed by atoms with Crippen molar-refractivity contribution < 1.29 is 22.7 Å². The van der Waals surface area contributed by atoms with Crippen molar-refractivity contribution in [2.75, 3.05) is 5.32 Å². The van der Waals surface area contributed by atoms with Crippen molar-refractivity contribution in [3.63, 3.8) is 0 Å². The molecule has 0 atom stereocenters. The summed E-state index contributed by atoms with van der Waals surface area (Å²) in [5.74, 6) is 0.592. The third-order valence-corrected chi connectivity index (χ3v) is 5.23. The van der Waals surface area contributed by atoms with E-state index in [0.29, 0.717) is 27.7 Å². The number of halogens is 3. The largest absolute Gasteiger partial charge is 0.437 e. The number of anilines is 1. The number of nitrogens with one attached hydrogen (secondary N) is 1. The van der Waals surface area contributed by atoms with Gasteiger partial charge in [-0.1, -0.05) is 36.1 Å². The molecule has 32 heavy (non-hydrogen) atoms. The van der Waals surface area contributed by atoms with Crippen LogP contribution >= 0.6 is 11.3 Å². The van der Waals surface area contributed by atoms with Gasteiger partial charge in [0.1, 0.15) is 5.52 Å². The van der Waals surface area contributed by atoms with Gasteiger partial charge in [-0.15, -0.1) is 0 Å². The minimum absolute atomic E-state index is 0.173. The van der Waals surface area contributed by atoms with Gasteiger partial charge < -0.3 is 10.1 Å². The Labute approximate surface area is 184 Å². The van der Waals surface area contributed by atoms with E-state index in [2.05, 4.69) is 26.8 Å². The van der Waals surface area contributed by atoms with Crippen LogP contribution in [0.15, 0.2) is 55.1 Å². The normalized spacial score (nSPS) is 11.4. The molecule has 1 amide bonds. The number of ether oxygens (including phenoxy) is 1. The molecule has 2 aromatic carbocycles. The van der Waals surface area contributed by atoms with Crippen LogP contribution in [0, 0.1) is 0 Å². The number of carbonyl (C=O) groups excluding carboxylic acids is 1. The molecule has 0 radical (unpaired) electrons. The first-order valence-electron chi connectivity index (χ1n) is 9.27. The molecule has 0 saturated carbocycles. The Morgan fingerprint density at radius 2 is 1.88 bits per heavy atom. The van der Waals surface area contributed by atoms with Crippen LogP contribution in [0.2, 0.25) is 0 Å². The smallest absolute Gasteiger partial charge is 0.416 e. The molecule has 0 fully saturated rings. The van der Waals surface area contributed by atoms with Gasteiger partial charge in [0.25, 0.3) is 0 Å². The lowest BCUT2D eigenvalue weighted by Crippen LogP contribution is -2.04. The van der Waals surface area contributed by atoms with E-state index in [4.69, 9.17) is 4.74 Å². The first-order valence-corrected chi connectivity index (χ1v) is 10.1. The second kappa shape index (κ2) is 8.39. The maximum Gasteiger partial charge on any atom is 0.416 e. The van der Waals surface area contributed by atoms with Crippen LogP contribution in [0.3, 0.4) is 0 Å². The van der Waals surface area contributed by atoms with Crippen LogP contribution in [-0.2, 0) is 11.0 Å². The number of thiazole rings is 1. The number of rotatable bonds is 5. The average Bonchev–Trinajstić information content (AvgIpc) is 3.15. The van der Waals surface area contributed by atoms with Gasteiger partial charge in [-0.2, -0.15) is 18.2 Å². The number of fused-ring (bicyclic) bond motifs is 1. The van der Waals surface area contributed by atoms with Crippen molar-refractivity contribution in [3.8, 4) is 22.9 Å². The van der Waals surface area contributed by atoms with Gasteiger partial charge in [0.2, 0.25) is 11.8 Å². The highest BCUT2D eigenvalue weighted by Crippen LogP contribution is 2.35. The van der Waals surface area contributed by atoms with E-state index >= 15 is 0 Å². The molecule has 0 aliphatic carbocycles. The van der Waals surface area contributed by atoms with Crippen molar-refractivity contribution >= 4 is 38.7 Å². The highest BCUT2D eigenvalue weighted by molar-refractivity contribution is 7.22. The summed E-state index contributed by atoms with van der Waals surface area (Å²) in [6, 6.07) is 11.5. The fraction of sp³-hybridized carbons (Fsp3) is 0.0909. The molecule has 0 spiro atoms. The number of para-hydroxylation sites is 1. The predicted octanol–water partition coefficient (Wildman–Crippen LogP) is 6.17. The Morgan fingerprint density at radius 1 is 1.12 bits per heavy atom. The van der Waals surface area contributed by atoms with Gasteiger partial charge in [-0.05, 0) is 30.3 Å². The summed E-state index contributed by atoms with van der Waals surface area (Å²) in [5.41, 5.74) is 0.633. The highest BCUT2D eigenvalue weighted by atomic mass is 32.1. The fourth-order valence-corrected chi connectivity index (χ4v) is 3.82. The zero-order chi connectivity index (χ0) is 22.9. The van der Waals surface area contributed by atoms with Crippen molar-refractivity contribution in [2.24, 2.45) is 0 Å². The molecule has 0 aliphatic rings. The Hall–Kier alpha value is -3.79. The molecule has 4 aromatic rings. The number of hydrogen-bond acceptors (Lipinski definition) is 6. The average molecular weight is 456 g/mol. The van der Waals surface area contributed by atoms with Gasteiger partial charge in [-0.25, -0.2) is 9.97 Å². The Balaban J connectivity index is 1.70. The molecule has 0 saturated heterocycles. The lowest BCUT2D eigenvalue weighted by molar-refractivity contribution is -0.137. The lowest BCUT2D eigenvalue weighted by Gasteiger charge is -2.10. The zero-order valence-corrected chi connectivity index (χ0v) is 17.4. The number of alkyl halides is 3. The molecule has 2 heterocycles. The maximum absolute atomic E-state index is 12.9. The third-order valence-electron chi connectivity index (χ3n) is 4.29. The first kappa shape index (κ1) is 21.4. The van der Waals surface area contributed by atoms with Crippen molar-refractivity contribution in [1.82, 2.24) is 15.0 Å². The number of carbonyl (C=O) groups is 1. The number of nitrogens with zero attached hydrogens (tertiary/aromatic N) is 3. The van der Waals surface area contributed by atoms with Crippen LogP contribution in [0.4, 0.5) is 18.3 Å². The molecule has 1 N–H and O–H groups in total. The lowest BCUT2D eigenvalue weighted by atomic mass is 10.1. The quantitative estimate of drug-likeness (QED) is 0.389. The van der Waals surface area contributed by atoms with E-state index < -0.39 is 11.7 Å². The Morgan fingerprint density at radius 3 is 2.53 bits per heavy atom. The van der Waals surface area contributed by atoms with E-state index in [1.165, 1.54) is 42.5 Å². The second-order valence-electron chi connectivity index (χ2n) is 6.63. The molecule has 2 aromatic heterocycles. The molecule has 6 nitrogen and oxygen atoms in total. The minimum Gasteiger partial charge on any atom is -0.437 e. The summed E-state index contributed by atoms with van der Waals surface area (Å²) in [6.07, 6.45) is -3.01. The maximum atomic E-state index is 12.9. The van der Waals surface area contributed by atoms with Crippen LogP contribution in [0.1, 0.15) is 18.3 Å². The van der Waals surface area contributed by atoms with E-state index in [-0.39, 0.29) is 17.6 Å². The Kier molecular flexibility index (Phi) is 5.62.